The third-order valence-electron chi connectivity index (χ3n) is 2.52. The maximum atomic E-state index is 11.6. The minimum atomic E-state index is -0.600. The van der Waals surface area contributed by atoms with Crippen molar-refractivity contribution in [2.24, 2.45) is 0 Å². The molecule has 4 heteroatoms. The molecule has 0 unspecified atom stereocenters. The van der Waals surface area contributed by atoms with Crippen molar-refractivity contribution in [3.05, 3.63) is 40.2 Å². The molecule has 0 saturated carbocycles. The molecule has 0 bridgehead atoms. The topological polar surface area (TPSA) is 59.3 Å². The van der Waals surface area contributed by atoms with Crippen LogP contribution in [0, 0.1) is 0 Å². The number of fused-ring (bicyclic) bond motifs is 1. The van der Waals surface area contributed by atoms with Crippen molar-refractivity contribution in [3.8, 4) is 0 Å². The quantitative estimate of drug-likeness (QED) is 0.648. The summed E-state index contributed by atoms with van der Waals surface area (Å²) >= 11 is 0. The SMILES string of the molecule is CCCNc1c(C=O)c(=O)oc2ccccc12. The first kappa shape index (κ1) is 11.4. The summed E-state index contributed by atoms with van der Waals surface area (Å²) in [6.07, 6.45) is 1.45. The monoisotopic (exact) mass is 231 g/mol. The van der Waals surface area contributed by atoms with Gasteiger partial charge in [-0.05, 0) is 18.6 Å². The molecule has 2 aromatic rings. The van der Waals surface area contributed by atoms with E-state index in [1.54, 1.807) is 12.1 Å². The van der Waals surface area contributed by atoms with E-state index in [4.69, 9.17) is 4.42 Å². The normalized spacial score (nSPS) is 10.4. The van der Waals surface area contributed by atoms with Crippen LogP contribution in [0.25, 0.3) is 11.0 Å². The summed E-state index contributed by atoms with van der Waals surface area (Å²) in [5, 5.41) is 3.86. The Labute approximate surface area is 98.3 Å². The van der Waals surface area contributed by atoms with Crippen LogP contribution >= 0.6 is 0 Å². The molecule has 0 aliphatic rings. The summed E-state index contributed by atoms with van der Waals surface area (Å²) in [5.74, 6) is 0. The van der Waals surface area contributed by atoms with E-state index in [9.17, 15) is 9.59 Å². The van der Waals surface area contributed by atoms with Crippen LogP contribution in [0.1, 0.15) is 23.7 Å². The van der Waals surface area contributed by atoms with Crippen molar-refractivity contribution < 1.29 is 9.21 Å². The maximum Gasteiger partial charge on any atom is 0.349 e. The number of nitrogens with one attached hydrogen (secondary N) is 1. The van der Waals surface area contributed by atoms with Crippen LogP contribution in [0.2, 0.25) is 0 Å². The van der Waals surface area contributed by atoms with E-state index in [0.717, 1.165) is 11.8 Å². The minimum Gasteiger partial charge on any atom is -0.422 e. The molecule has 0 aliphatic carbocycles. The van der Waals surface area contributed by atoms with Gasteiger partial charge in [0, 0.05) is 11.9 Å². The van der Waals surface area contributed by atoms with Gasteiger partial charge in [0.05, 0.1) is 5.69 Å². The second-order valence-corrected chi connectivity index (χ2v) is 3.72. The van der Waals surface area contributed by atoms with Crippen LogP contribution in [-0.4, -0.2) is 12.8 Å². The fourth-order valence-corrected chi connectivity index (χ4v) is 1.71. The number of aldehydes is 1. The van der Waals surface area contributed by atoms with Gasteiger partial charge in [0.25, 0.3) is 0 Å². The molecule has 88 valence electrons. The predicted octanol–water partition coefficient (Wildman–Crippen LogP) is 2.43. The highest BCUT2D eigenvalue weighted by atomic mass is 16.4. The van der Waals surface area contributed by atoms with Crippen LogP contribution in [0.3, 0.4) is 0 Å². The average Bonchev–Trinajstić information content (AvgIpc) is 2.35. The van der Waals surface area contributed by atoms with Gasteiger partial charge in [0.1, 0.15) is 11.1 Å². The zero-order valence-electron chi connectivity index (χ0n) is 9.53. The van der Waals surface area contributed by atoms with Gasteiger partial charge in [-0.2, -0.15) is 0 Å². The van der Waals surface area contributed by atoms with E-state index in [1.165, 1.54) is 0 Å². The number of hydrogen-bond donors (Lipinski definition) is 1. The molecule has 0 spiro atoms. The fraction of sp³-hybridized carbons (Fsp3) is 0.231. The largest absolute Gasteiger partial charge is 0.422 e. The van der Waals surface area contributed by atoms with Crippen molar-refractivity contribution >= 4 is 22.9 Å². The van der Waals surface area contributed by atoms with Gasteiger partial charge < -0.3 is 9.73 Å². The molecule has 1 aromatic carbocycles. The Morgan fingerprint density at radius 3 is 2.82 bits per heavy atom. The number of rotatable bonds is 4. The zero-order valence-corrected chi connectivity index (χ0v) is 9.53. The molecule has 0 amide bonds. The number of benzene rings is 1. The van der Waals surface area contributed by atoms with E-state index in [-0.39, 0.29) is 5.56 Å². The summed E-state index contributed by atoms with van der Waals surface area (Å²) < 4.78 is 5.08. The second-order valence-electron chi connectivity index (χ2n) is 3.72. The molecule has 4 nitrogen and oxygen atoms in total. The second kappa shape index (κ2) is 4.82. The molecule has 1 heterocycles. The molecule has 1 N–H and O–H groups in total. The Morgan fingerprint density at radius 2 is 2.12 bits per heavy atom. The van der Waals surface area contributed by atoms with Gasteiger partial charge in [0.15, 0.2) is 6.29 Å². The van der Waals surface area contributed by atoms with Crippen molar-refractivity contribution in [3.63, 3.8) is 0 Å². The molecule has 0 saturated heterocycles. The van der Waals surface area contributed by atoms with Crippen molar-refractivity contribution in [1.82, 2.24) is 0 Å². The Kier molecular flexibility index (Phi) is 3.23. The Morgan fingerprint density at radius 1 is 1.35 bits per heavy atom. The lowest BCUT2D eigenvalue weighted by Gasteiger charge is -2.09. The van der Waals surface area contributed by atoms with Gasteiger partial charge in [0.2, 0.25) is 0 Å². The lowest BCUT2D eigenvalue weighted by molar-refractivity contribution is 0.112. The van der Waals surface area contributed by atoms with Crippen LogP contribution in [0.15, 0.2) is 33.5 Å². The summed E-state index contributed by atoms with van der Waals surface area (Å²) in [7, 11) is 0. The van der Waals surface area contributed by atoms with Crippen LogP contribution in [-0.2, 0) is 0 Å². The van der Waals surface area contributed by atoms with Gasteiger partial charge in [-0.1, -0.05) is 19.1 Å². The summed E-state index contributed by atoms with van der Waals surface area (Å²) in [6, 6.07) is 7.16. The maximum absolute atomic E-state index is 11.6. The van der Waals surface area contributed by atoms with Gasteiger partial charge in [-0.25, -0.2) is 4.79 Å². The molecule has 17 heavy (non-hydrogen) atoms. The van der Waals surface area contributed by atoms with Gasteiger partial charge >= 0.3 is 5.63 Å². The minimum absolute atomic E-state index is 0.0529. The summed E-state index contributed by atoms with van der Waals surface area (Å²) in [4.78, 5) is 22.6. The molecule has 0 aliphatic heterocycles. The fourth-order valence-electron chi connectivity index (χ4n) is 1.71. The standard InChI is InChI=1S/C13H13NO3/c1-2-7-14-12-9-5-3-4-6-11(9)17-13(16)10(12)8-15/h3-6,8,14H,2,7H2,1H3. The molecule has 1 aromatic heterocycles. The van der Waals surface area contributed by atoms with Gasteiger partial charge in [-0.15, -0.1) is 0 Å². The highest BCUT2D eigenvalue weighted by Crippen LogP contribution is 2.23. The highest BCUT2D eigenvalue weighted by Gasteiger charge is 2.12. The number of carbonyl (C=O) groups is 1. The lowest BCUT2D eigenvalue weighted by Crippen LogP contribution is -2.13. The Bertz CT molecular complexity index is 601. The van der Waals surface area contributed by atoms with E-state index in [0.29, 0.717) is 24.1 Å². The van der Waals surface area contributed by atoms with E-state index in [1.807, 2.05) is 19.1 Å². The Balaban J connectivity index is 2.72. The third-order valence-corrected chi connectivity index (χ3v) is 2.52. The van der Waals surface area contributed by atoms with Crippen molar-refractivity contribution in [2.45, 2.75) is 13.3 Å². The molecule has 2 rings (SSSR count). The number of anilines is 1. The third kappa shape index (κ3) is 2.06. The molecular weight excluding hydrogens is 218 g/mol. The number of hydrogen-bond acceptors (Lipinski definition) is 4. The smallest absolute Gasteiger partial charge is 0.349 e. The summed E-state index contributed by atoms with van der Waals surface area (Å²) in [6.45, 7) is 2.72. The van der Waals surface area contributed by atoms with E-state index < -0.39 is 5.63 Å². The molecule has 0 atom stereocenters. The molecule has 0 fully saturated rings. The van der Waals surface area contributed by atoms with Crippen molar-refractivity contribution in [2.75, 3.05) is 11.9 Å². The predicted molar refractivity (Wildman–Crippen MR) is 66.7 cm³/mol. The first-order chi connectivity index (χ1) is 8.27. The summed E-state index contributed by atoms with van der Waals surface area (Å²) in [5.41, 5.74) is 0.504. The zero-order chi connectivity index (χ0) is 12.3. The van der Waals surface area contributed by atoms with Crippen LogP contribution < -0.4 is 10.9 Å². The number of carbonyl (C=O) groups excluding carboxylic acids is 1. The molecular formula is C13H13NO3. The average molecular weight is 231 g/mol. The van der Waals surface area contributed by atoms with Crippen LogP contribution in [0.4, 0.5) is 5.69 Å². The molecule has 0 radical (unpaired) electrons. The van der Waals surface area contributed by atoms with Gasteiger partial charge in [-0.3, -0.25) is 4.79 Å². The van der Waals surface area contributed by atoms with E-state index in [2.05, 4.69) is 5.32 Å². The Hall–Kier alpha value is -2.10. The first-order valence-electron chi connectivity index (χ1n) is 5.52. The van der Waals surface area contributed by atoms with Crippen molar-refractivity contribution in [1.29, 1.82) is 0 Å². The first-order valence-corrected chi connectivity index (χ1v) is 5.52. The van der Waals surface area contributed by atoms with Crippen LogP contribution in [0.5, 0.6) is 0 Å². The van der Waals surface area contributed by atoms with E-state index >= 15 is 0 Å². The highest BCUT2D eigenvalue weighted by molar-refractivity contribution is 5.98. The number of para-hydroxylation sites is 1. The lowest BCUT2D eigenvalue weighted by atomic mass is 10.1.